The molecule has 0 radical (unpaired) electrons. The zero-order chi connectivity index (χ0) is 33.7. The Morgan fingerprint density at radius 1 is 1.17 bits per heavy atom. The van der Waals surface area contributed by atoms with Crippen LogP contribution < -0.4 is 31.6 Å². The van der Waals surface area contributed by atoms with Crippen molar-refractivity contribution in [3.05, 3.63) is 59.2 Å². The number of hydrogen-bond acceptors (Lipinski definition) is 8. The number of likely N-dealkylation sites (N-methyl/N-ethyl adjacent to an activating group) is 2. The Morgan fingerprint density at radius 3 is 2.66 bits per heavy atom. The van der Waals surface area contributed by atoms with Gasteiger partial charge in [0.05, 0.1) is 5.41 Å². The maximum Gasteiger partial charge on any atom is 0.415 e. The monoisotopic (exact) mass is 647 g/mol. The average molecular weight is 648 g/mol. The summed E-state index contributed by atoms with van der Waals surface area (Å²) in [5.41, 5.74) is 12.9. The molecule has 6 N–H and O–H groups in total. The topological polar surface area (TPSA) is 182 Å². The number of ether oxygens (including phenoxy) is 2. The van der Waals surface area contributed by atoms with Crippen LogP contribution in [0.15, 0.2) is 47.5 Å². The standard InChI is InChI=1S/C34H45N7O6/c1-4-9-25(42)29-34-19-23(41(3)20-34)18-22-13-14-26(28(47-29)27(22)34)46-33(45)40(2)17-16-37-31(44)24(12-8-15-38-32(35)36)39-30(43)21-10-6-5-7-11-21/h5-7,10-11,13-14,23-24,29H,4,8-9,12,15-20H2,1-3H3,(H,37,44)(H,39,43)(H4,35,36,38)/t23-,24+,29?,34-/m1/s1. The van der Waals surface area contributed by atoms with Crippen LogP contribution in [-0.4, -0.2) is 97.9 Å². The summed E-state index contributed by atoms with van der Waals surface area (Å²) in [6.45, 7) is 3.27. The molecule has 1 aliphatic carbocycles. The molecule has 13 heteroatoms. The van der Waals surface area contributed by atoms with Gasteiger partial charge in [-0.25, -0.2) is 4.79 Å². The summed E-state index contributed by atoms with van der Waals surface area (Å²) in [4.78, 5) is 60.0. The van der Waals surface area contributed by atoms with Crippen molar-refractivity contribution in [1.82, 2.24) is 20.4 Å². The van der Waals surface area contributed by atoms with Crippen LogP contribution in [0.5, 0.6) is 11.5 Å². The number of aliphatic imine (C=N–C) groups is 1. The van der Waals surface area contributed by atoms with Crippen LogP contribution in [0.25, 0.3) is 0 Å². The fraction of sp³-hybridized carbons (Fsp3) is 0.500. The van der Waals surface area contributed by atoms with E-state index in [1.807, 2.05) is 13.0 Å². The third-order valence-electron chi connectivity index (χ3n) is 9.30. The van der Waals surface area contributed by atoms with Gasteiger partial charge in [0.25, 0.3) is 5.91 Å². The highest BCUT2D eigenvalue weighted by molar-refractivity contribution is 5.97. The molecule has 47 heavy (non-hydrogen) atoms. The number of likely N-dealkylation sites (tertiary alicyclic amines) is 1. The van der Waals surface area contributed by atoms with Crippen LogP contribution >= 0.6 is 0 Å². The number of Topliss-reactive ketones (excluding diaryl/α,β-unsaturated/α-hetero) is 1. The molecule has 2 bridgehead atoms. The zero-order valence-electron chi connectivity index (χ0n) is 27.3. The van der Waals surface area contributed by atoms with Gasteiger partial charge in [-0.15, -0.1) is 0 Å². The number of carbonyl (C=O) groups is 4. The van der Waals surface area contributed by atoms with Crippen molar-refractivity contribution in [1.29, 1.82) is 0 Å². The number of carbonyl (C=O) groups excluding carboxylic acids is 4. The minimum atomic E-state index is -0.837. The van der Waals surface area contributed by atoms with Crippen molar-refractivity contribution < 1.29 is 28.7 Å². The minimum Gasteiger partial charge on any atom is -0.477 e. The van der Waals surface area contributed by atoms with Gasteiger partial charge in [-0.2, -0.15) is 0 Å². The molecule has 2 aromatic rings. The van der Waals surface area contributed by atoms with E-state index < -0.39 is 29.6 Å². The Labute approximate surface area is 275 Å². The number of hydrogen-bond donors (Lipinski definition) is 4. The summed E-state index contributed by atoms with van der Waals surface area (Å²) in [7, 11) is 3.66. The van der Waals surface area contributed by atoms with E-state index in [1.165, 1.54) is 4.90 Å². The fourth-order valence-corrected chi connectivity index (χ4v) is 7.04. The lowest BCUT2D eigenvalue weighted by atomic mass is 9.68. The average Bonchev–Trinajstić information content (AvgIpc) is 3.52. The fourth-order valence-electron chi connectivity index (χ4n) is 7.04. The molecule has 252 valence electrons. The van der Waals surface area contributed by atoms with Gasteiger partial charge in [0.15, 0.2) is 29.3 Å². The van der Waals surface area contributed by atoms with E-state index in [2.05, 4.69) is 27.6 Å². The van der Waals surface area contributed by atoms with E-state index in [0.29, 0.717) is 43.2 Å². The molecule has 1 unspecified atom stereocenters. The van der Waals surface area contributed by atoms with Gasteiger partial charge in [-0.05, 0) is 62.9 Å². The predicted molar refractivity (Wildman–Crippen MR) is 176 cm³/mol. The molecule has 0 aromatic heterocycles. The Balaban J connectivity index is 1.20. The quantitative estimate of drug-likeness (QED) is 0.135. The smallest absolute Gasteiger partial charge is 0.415 e. The van der Waals surface area contributed by atoms with Crippen LogP contribution in [0.2, 0.25) is 0 Å². The second-order valence-corrected chi connectivity index (χ2v) is 12.7. The second-order valence-electron chi connectivity index (χ2n) is 12.7. The Kier molecular flexibility index (Phi) is 10.3. The summed E-state index contributed by atoms with van der Waals surface area (Å²) in [5, 5.41) is 5.59. The Hall–Kier alpha value is -4.65. The number of guanidine groups is 1. The normalized spacial score (nSPS) is 21.2. The van der Waals surface area contributed by atoms with Crippen LogP contribution in [0, 0.1) is 0 Å². The number of nitrogens with one attached hydrogen (secondary N) is 2. The highest BCUT2D eigenvalue weighted by atomic mass is 16.6. The molecule has 1 spiro atoms. The lowest BCUT2D eigenvalue weighted by Crippen LogP contribution is -2.48. The van der Waals surface area contributed by atoms with Gasteiger partial charge in [-0.3, -0.25) is 19.4 Å². The zero-order valence-corrected chi connectivity index (χ0v) is 27.3. The molecule has 2 aromatic carbocycles. The lowest BCUT2D eigenvalue weighted by molar-refractivity contribution is -0.127. The van der Waals surface area contributed by atoms with Crippen LogP contribution in [0.3, 0.4) is 0 Å². The molecule has 1 fully saturated rings. The molecule has 5 rings (SSSR count). The summed E-state index contributed by atoms with van der Waals surface area (Å²) < 4.78 is 12.2. The third kappa shape index (κ3) is 7.19. The minimum absolute atomic E-state index is 0.0472. The third-order valence-corrected chi connectivity index (χ3v) is 9.30. The van der Waals surface area contributed by atoms with Crippen LogP contribution in [0.1, 0.15) is 60.5 Å². The molecule has 3 aliphatic rings. The van der Waals surface area contributed by atoms with Gasteiger partial charge >= 0.3 is 6.09 Å². The molecule has 13 nitrogen and oxygen atoms in total. The first-order chi connectivity index (χ1) is 22.5. The first-order valence-corrected chi connectivity index (χ1v) is 16.2. The molecule has 4 atom stereocenters. The largest absolute Gasteiger partial charge is 0.477 e. The summed E-state index contributed by atoms with van der Waals surface area (Å²) in [6, 6.07) is 11.8. The van der Waals surface area contributed by atoms with Gasteiger partial charge in [0.2, 0.25) is 5.91 Å². The SMILES string of the molecule is CCCC(=O)C1Oc2c(OC(=O)N(C)CCNC(=O)[C@H](CCCN=C(N)N)NC(=O)c3ccccc3)ccc3c2[C@]12C[C@@H](C3)N(C)C2. The highest BCUT2D eigenvalue weighted by Gasteiger charge is 2.61. The van der Waals surface area contributed by atoms with Crippen molar-refractivity contribution in [2.75, 3.05) is 40.3 Å². The van der Waals surface area contributed by atoms with Crippen molar-refractivity contribution in [2.24, 2.45) is 16.5 Å². The molecule has 1 saturated heterocycles. The van der Waals surface area contributed by atoms with Crippen molar-refractivity contribution in [2.45, 2.75) is 69.1 Å². The second kappa shape index (κ2) is 14.4. The van der Waals surface area contributed by atoms with Crippen molar-refractivity contribution in [3.63, 3.8) is 0 Å². The van der Waals surface area contributed by atoms with E-state index >= 15 is 0 Å². The van der Waals surface area contributed by atoms with Crippen molar-refractivity contribution in [3.8, 4) is 11.5 Å². The van der Waals surface area contributed by atoms with Crippen LogP contribution in [-0.2, 0) is 21.4 Å². The number of amides is 3. The van der Waals surface area contributed by atoms with Gasteiger partial charge in [0.1, 0.15) is 6.04 Å². The predicted octanol–water partition coefficient (Wildman–Crippen LogP) is 1.71. The molecule has 0 saturated carbocycles. The summed E-state index contributed by atoms with van der Waals surface area (Å²) in [6.07, 6.45) is 2.39. The number of rotatable bonds is 14. The lowest BCUT2D eigenvalue weighted by Gasteiger charge is -2.32. The molecule has 3 amide bonds. The van der Waals surface area contributed by atoms with Crippen LogP contribution in [0.4, 0.5) is 4.79 Å². The summed E-state index contributed by atoms with van der Waals surface area (Å²) >= 11 is 0. The van der Waals surface area contributed by atoms with Gasteiger partial charge in [0, 0.05) is 56.8 Å². The Bertz CT molecular complexity index is 1520. The first kappa shape index (κ1) is 33.7. The van der Waals surface area contributed by atoms with Gasteiger partial charge in [-0.1, -0.05) is 31.2 Å². The van der Waals surface area contributed by atoms with E-state index in [1.54, 1.807) is 43.4 Å². The number of ketones is 1. The van der Waals surface area contributed by atoms with Gasteiger partial charge < -0.3 is 41.4 Å². The molecular weight excluding hydrogens is 602 g/mol. The van der Waals surface area contributed by atoms with Crippen molar-refractivity contribution >= 4 is 29.7 Å². The van der Waals surface area contributed by atoms with E-state index in [9.17, 15) is 19.2 Å². The van der Waals surface area contributed by atoms with E-state index in [0.717, 1.165) is 36.9 Å². The highest BCUT2D eigenvalue weighted by Crippen LogP contribution is 2.58. The number of fused-ring (bicyclic) bond motifs is 1. The number of nitrogens with two attached hydrogens (primary N) is 2. The maximum absolute atomic E-state index is 13.3. The maximum atomic E-state index is 13.3. The summed E-state index contributed by atoms with van der Waals surface area (Å²) in [5.74, 6) is 0.0184. The van der Waals surface area contributed by atoms with E-state index in [4.69, 9.17) is 20.9 Å². The number of nitrogens with zero attached hydrogens (tertiary/aromatic N) is 3. The first-order valence-electron chi connectivity index (χ1n) is 16.2. The molecular formula is C34H45N7O6. The van der Waals surface area contributed by atoms with E-state index in [-0.39, 0.29) is 36.5 Å². The molecule has 2 aliphatic heterocycles. The number of benzene rings is 2. The Morgan fingerprint density at radius 2 is 1.94 bits per heavy atom. The molecule has 2 heterocycles.